The van der Waals surface area contributed by atoms with E-state index in [1.165, 1.54) is 43.1 Å². The average Bonchev–Trinajstić information content (AvgIpc) is 3.03. The van der Waals surface area contributed by atoms with Crippen LogP contribution in [0.25, 0.3) is 39.8 Å². The van der Waals surface area contributed by atoms with Gasteiger partial charge in [0.25, 0.3) is 0 Å². The van der Waals surface area contributed by atoms with Crippen molar-refractivity contribution in [3.8, 4) is 0 Å². The second-order valence-corrected chi connectivity index (χ2v) is 5.75. The highest BCUT2D eigenvalue weighted by molar-refractivity contribution is 6.11. The molecule has 0 aromatic heterocycles. The van der Waals surface area contributed by atoms with Gasteiger partial charge in [-0.1, -0.05) is 72.9 Å². The molecule has 21 heavy (non-hydrogen) atoms. The number of allylic oxidation sites excluding steroid dienone is 3. The number of hydrogen-bond acceptors (Lipinski definition) is 0. The molecule has 3 aromatic carbocycles. The van der Waals surface area contributed by atoms with Gasteiger partial charge in [-0.15, -0.1) is 0 Å². The molecule has 0 saturated heterocycles. The minimum absolute atomic E-state index is 1.03. The third kappa shape index (κ3) is 1.39. The van der Waals surface area contributed by atoms with Crippen LogP contribution >= 0.6 is 0 Å². The summed E-state index contributed by atoms with van der Waals surface area (Å²) in [5.74, 6) is 0. The Kier molecular flexibility index (Phi) is 2.09. The molecule has 0 heterocycles. The Hall–Kier alpha value is -2.60. The standard InChI is InChI=1S/C21H14/c1-2-9-18-16(7-1)17-8-3-4-10-19(17)21-15-11-5-6-14(15)12-13-20(18)21/h1-9,11-13H,10H2. The average molecular weight is 266 g/mol. The van der Waals surface area contributed by atoms with Crippen molar-refractivity contribution < 1.29 is 0 Å². The maximum absolute atomic E-state index is 2.29. The van der Waals surface area contributed by atoms with Gasteiger partial charge in [0.05, 0.1) is 0 Å². The molecule has 98 valence electrons. The van der Waals surface area contributed by atoms with Crippen molar-refractivity contribution in [1.29, 1.82) is 0 Å². The van der Waals surface area contributed by atoms with Crippen molar-refractivity contribution in [2.45, 2.75) is 6.42 Å². The van der Waals surface area contributed by atoms with E-state index in [1.54, 1.807) is 0 Å². The molecule has 0 heteroatoms. The summed E-state index contributed by atoms with van der Waals surface area (Å²) < 4.78 is 0. The number of rotatable bonds is 0. The first-order valence-electron chi connectivity index (χ1n) is 7.45. The lowest BCUT2D eigenvalue weighted by molar-refractivity contribution is 1.26. The fourth-order valence-electron chi connectivity index (χ4n) is 3.76. The van der Waals surface area contributed by atoms with E-state index >= 15 is 0 Å². The molecule has 2 aliphatic carbocycles. The fraction of sp³-hybridized carbons (Fsp3) is 0.0476. The molecule has 0 spiro atoms. The molecule has 0 radical (unpaired) electrons. The number of fused-ring (bicyclic) bond motifs is 8. The van der Waals surface area contributed by atoms with E-state index in [4.69, 9.17) is 0 Å². The van der Waals surface area contributed by atoms with Crippen molar-refractivity contribution in [3.63, 3.8) is 0 Å². The molecule has 0 atom stereocenters. The highest BCUT2D eigenvalue weighted by atomic mass is 14.2. The van der Waals surface area contributed by atoms with Gasteiger partial charge in [-0.25, -0.2) is 0 Å². The Morgan fingerprint density at radius 1 is 0.714 bits per heavy atom. The first-order valence-corrected chi connectivity index (χ1v) is 7.45. The largest absolute Gasteiger partial charge is 0.0801 e. The van der Waals surface area contributed by atoms with Gasteiger partial charge in [-0.05, 0) is 49.5 Å². The van der Waals surface area contributed by atoms with Gasteiger partial charge in [0.15, 0.2) is 0 Å². The molecule has 0 aliphatic heterocycles. The highest BCUT2D eigenvalue weighted by Gasteiger charge is 2.13. The van der Waals surface area contributed by atoms with E-state index < -0.39 is 0 Å². The lowest BCUT2D eigenvalue weighted by Gasteiger charge is -2.14. The molecule has 0 saturated carbocycles. The van der Waals surface area contributed by atoms with Gasteiger partial charge in [0.2, 0.25) is 0 Å². The van der Waals surface area contributed by atoms with Crippen LogP contribution in [0, 0.1) is 0 Å². The third-order valence-electron chi connectivity index (χ3n) is 4.67. The van der Waals surface area contributed by atoms with Gasteiger partial charge in [-0.2, -0.15) is 0 Å². The van der Waals surface area contributed by atoms with Crippen LogP contribution in [0.15, 0.2) is 54.6 Å². The summed E-state index contributed by atoms with van der Waals surface area (Å²) in [5, 5.41) is 8.34. The van der Waals surface area contributed by atoms with Crippen LogP contribution in [0.1, 0.15) is 11.1 Å². The summed E-state index contributed by atoms with van der Waals surface area (Å²) >= 11 is 0. The minimum atomic E-state index is 1.03. The van der Waals surface area contributed by atoms with Gasteiger partial charge in [0.1, 0.15) is 0 Å². The van der Waals surface area contributed by atoms with Crippen molar-refractivity contribution in [2.75, 3.05) is 0 Å². The Bertz CT molecular complexity index is 1090. The zero-order chi connectivity index (χ0) is 13.8. The van der Waals surface area contributed by atoms with Crippen LogP contribution in [0.5, 0.6) is 0 Å². The maximum atomic E-state index is 2.29. The molecule has 0 bridgehead atoms. The maximum Gasteiger partial charge on any atom is -0.00577 e. The Morgan fingerprint density at radius 2 is 1.57 bits per heavy atom. The van der Waals surface area contributed by atoms with Crippen molar-refractivity contribution in [2.24, 2.45) is 0 Å². The molecule has 0 fully saturated rings. The fourth-order valence-corrected chi connectivity index (χ4v) is 3.76. The Balaban J connectivity index is 2.19. The Labute approximate surface area is 123 Å². The van der Waals surface area contributed by atoms with Crippen molar-refractivity contribution in [3.05, 3.63) is 76.2 Å². The van der Waals surface area contributed by atoms with E-state index in [2.05, 4.69) is 72.9 Å². The van der Waals surface area contributed by atoms with Crippen LogP contribution < -0.4 is 10.4 Å². The summed E-state index contributed by atoms with van der Waals surface area (Å²) in [6.07, 6.45) is 14.4. The van der Waals surface area contributed by atoms with Gasteiger partial charge in [-0.3, -0.25) is 0 Å². The third-order valence-corrected chi connectivity index (χ3v) is 4.67. The molecule has 0 amide bonds. The number of benzene rings is 3. The summed E-state index contributed by atoms with van der Waals surface area (Å²) in [6, 6.07) is 13.3. The second-order valence-electron chi connectivity index (χ2n) is 5.75. The topological polar surface area (TPSA) is 0 Å². The van der Waals surface area contributed by atoms with Gasteiger partial charge >= 0.3 is 0 Å². The minimum Gasteiger partial charge on any atom is -0.0801 e. The molecule has 0 N–H and O–H groups in total. The number of hydrogen-bond donors (Lipinski definition) is 0. The van der Waals surface area contributed by atoms with Crippen LogP contribution in [0.3, 0.4) is 0 Å². The van der Waals surface area contributed by atoms with E-state index in [1.807, 2.05) is 0 Å². The molecular formula is C21H14. The highest BCUT2D eigenvalue weighted by Crippen LogP contribution is 2.26. The van der Waals surface area contributed by atoms with Crippen molar-refractivity contribution >= 4 is 39.8 Å². The predicted octanol–water partition coefficient (Wildman–Crippen LogP) is 3.69. The summed E-state index contributed by atoms with van der Waals surface area (Å²) in [5.41, 5.74) is 2.82. The predicted molar refractivity (Wildman–Crippen MR) is 91.5 cm³/mol. The van der Waals surface area contributed by atoms with Crippen LogP contribution in [0.4, 0.5) is 0 Å². The van der Waals surface area contributed by atoms with Gasteiger partial charge < -0.3 is 0 Å². The molecule has 0 nitrogen and oxygen atoms in total. The van der Waals surface area contributed by atoms with E-state index in [-0.39, 0.29) is 0 Å². The Morgan fingerprint density at radius 3 is 2.52 bits per heavy atom. The molecule has 2 aliphatic rings. The quantitative estimate of drug-likeness (QED) is 0.544. The lowest BCUT2D eigenvalue weighted by atomic mass is 9.89. The van der Waals surface area contributed by atoms with Crippen LogP contribution in [-0.2, 0) is 6.42 Å². The molecule has 0 unspecified atom stereocenters. The van der Waals surface area contributed by atoms with E-state index in [0.29, 0.717) is 0 Å². The zero-order valence-corrected chi connectivity index (χ0v) is 11.6. The molecular weight excluding hydrogens is 252 g/mol. The normalized spacial score (nSPS) is 14.9. The van der Waals surface area contributed by atoms with E-state index in [9.17, 15) is 0 Å². The second kappa shape index (κ2) is 3.95. The smallest absolute Gasteiger partial charge is 0.00577 e. The first kappa shape index (κ1) is 11.1. The van der Waals surface area contributed by atoms with Crippen LogP contribution in [0.2, 0.25) is 0 Å². The molecule has 5 rings (SSSR count). The van der Waals surface area contributed by atoms with Crippen LogP contribution in [-0.4, -0.2) is 0 Å². The monoisotopic (exact) mass is 266 g/mol. The van der Waals surface area contributed by atoms with Gasteiger partial charge in [0, 0.05) is 0 Å². The first-order chi connectivity index (χ1) is 10.4. The van der Waals surface area contributed by atoms with Crippen molar-refractivity contribution in [1.82, 2.24) is 0 Å². The van der Waals surface area contributed by atoms with E-state index in [0.717, 1.165) is 6.42 Å². The summed E-state index contributed by atoms with van der Waals surface area (Å²) in [4.78, 5) is 0. The lowest BCUT2D eigenvalue weighted by Crippen LogP contribution is -2.18. The zero-order valence-electron chi connectivity index (χ0n) is 11.6. The summed E-state index contributed by atoms with van der Waals surface area (Å²) in [6.45, 7) is 0. The molecule has 3 aromatic rings. The summed E-state index contributed by atoms with van der Waals surface area (Å²) in [7, 11) is 0. The SMILES string of the molecule is C1=CCc2c(c3ccccc3c3ccc4c(c23)=CC=C4)=C1.